The van der Waals surface area contributed by atoms with Crippen molar-refractivity contribution >= 4 is 22.1 Å². The van der Waals surface area contributed by atoms with Crippen LogP contribution in [0, 0.1) is 19.1 Å². The molecule has 0 saturated carbocycles. The third-order valence-electron chi connectivity index (χ3n) is 3.02. The Labute approximate surface area is 98.9 Å². The van der Waals surface area contributed by atoms with Gasteiger partial charge in [0.2, 0.25) is 11.0 Å². The summed E-state index contributed by atoms with van der Waals surface area (Å²) in [4.78, 5) is 4.58. The zero-order valence-corrected chi connectivity index (χ0v) is 9.77. The van der Waals surface area contributed by atoms with Crippen LogP contribution in [0.1, 0.15) is 11.1 Å². The molecule has 2 aromatic carbocycles. The number of nitrogens with zero attached hydrogens (tertiary/aromatic N) is 2. The highest BCUT2D eigenvalue weighted by molar-refractivity contribution is 5.83. The average molecular weight is 224 g/mol. The van der Waals surface area contributed by atoms with E-state index < -0.39 is 0 Å². The number of aryl methyl sites for hydroxylation is 2. The van der Waals surface area contributed by atoms with Gasteiger partial charge in [0.15, 0.2) is 0 Å². The summed E-state index contributed by atoms with van der Waals surface area (Å²) in [5.41, 5.74) is 4.91. The summed E-state index contributed by atoms with van der Waals surface area (Å²) in [6, 6.07) is 11.4. The zero-order valence-electron chi connectivity index (χ0n) is 9.77. The molecule has 1 heterocycles. The lowest BCUT2D eigenvalue weighted by atomic mass is 10.1. The Bertz CT molecular complexity index is 735. The lowest BCUT2D eigenvalue weighted by molar-refractivity contribution is -0.548. The molecule has 3 aromatic rings. The van der Waals surface area contributed by atoms with E-state index in [1.165, 1.54) is 0 Å². The standard InChI is InChI=1S/C14H12N2O/c1-9-6-7-12-11(8-9)15-14-10(2)4-3-5-13(14)16(12)17/h3-8H,1-2H3. The second-order valence-corrected chi connectivity index (χ2v) is 4.34. The Morgan fingerprint density at radius 2 is 1.88 bits per heavy atom. The minimum atomic E-state index is 0.619. The molecule has 1 aromatic heterocycles. The van der Waals surface area contributed by atoms with Gasteiger partial charge in [0.05, 0.1) is 0 Å². The fourth-order valence-corrected chi connectivity index (χ4v) is 2.10. The first-order chi connectivity index (χ1) is 8.16. The van der Waals surface area contributed by atoms with Crippen LogP contribution >= 0.6 is 0 Å². The molecule has 0 fully saturated rings. The molecular weight excluding hydrogens is 212 g/mol. The van der Waals surface area contributed by atoms with Gasteiger partial charge >= 0.3 is 0 Å². The summed E-state index contributed by atoms with van der Waals surface area (Å²) in [6.07, 6.45) is 0. The van der Waals surface area contributed by atoms with Gasteiger partial charge in [0, 0.05) is 12.1 Å². The van der Waals surface area contributed by atoms with Gasteiger partial charge in [-0.05, 0) is 31.0 Å². The van der Waals surface area contributed by atoms with Crippen molar-refractivity contribution in [3.8, 4) is 0 Å². The zero-order chi connectivity index (χ0) is 12.0. The molecule has 0 unspecified atom stereocenters. The molecule has 0 radical (unpaired) electrons. The van der Waals surface area contributed by atoms with E-state index in [2.05, 4.69) is 4.98 Å². The van der Waals surface area contributed by atoms with Crippen molar-refractivity contribution in [2.75, 3.05) is 0 Å². The number of hydrogen-bond donors (Lipinski definition) is 0. The van der Waals surface area contributed by atoms with Gasteiger partial charge < -0.3 is 5.21 Å². The third-order valence-corrected chi connectivity index (χ3v) is 3.02. The Hall–Kier alpha value is -2.16. The predicted octanol–water partition coefficient (Wildman–Crippen LogP) is 2.64. The smallest absolute Gasteiger partial charge is 0.243 e. The normalized spacial score (nSPS) is 11.2. The van der Waals surface area contributed by atoms with Crippen LogP contribution < -0.4 is 4.73 Å². The molecule has 0 spiro atoms. The van der Waals surface area contributed by atoms with E-state index in [-0.39, 0.29) is 0 Å². The number of benzene rings is 2. The summed E-state index contributed by atoms with van der Waals surface area (Å²) in [5, 5.41) is 12.2. The quantitative estimate of drug-likeness (QED) is 0.334. The number of rotatable bonds is 0. The summed E-state index contributed by atoms with van der Waals surface area (Å²) in [6.45, 7) is 3.97. The molecule has 0 saturated heterocycles. The van der Waals surface area contributed by atoms with E-state index in [1.807, 2.05) is 50.2 Å². The predicted molar refractivity (Wildman–Crippen MR) is 67.7 cm³/mol. The second-order valence-electron chi connectivity index (χ2n) is 4.34. The average Bonchev–Trinajstić information content (AvgIpc) is 2.30. The fourth-order valence-electron chi connectivity index (χ4n) is 2.10. The largest absolute Gasteiger partial charge is 0.618 e. The Morgan fingerprint density at radius 1 is 1.06 bits per heavy atom. The number of para-hydroxylation sites is 1. The van der Waals surface area contributed by atoms with Crippen molar-refractivity contribution in [1.29, 1.82) is 0 Å². The molecule has 0 atom stereocenters. The van der Waals surface area contributed by atoms with E-state index in [0.29, 0.717) is 11.0 Å². The summed E-state index contributed by atoms with van der Waals surface area (Å²) in [5.74, 6) is 0. The monoisotopic (exact) mass is 224 g/mol. The van der Waals surface area contributed by atoms with Crippen molar-refractivity contribution in [1.82, 2.24) is 4.98 Å². The van der Waals surface area contributed by atoms with Gasteiger partial charge in [-0.25, -0.2) is 4.98 Å². The van der Waals surface area contributed by atoms with Crippen molar-refractivity contribution < 1.29 is 4.73 Å². The molecule has 3 rings (SSSR count). The first kappa shape index (κ1) is 10.0. The maximum Gasteiger partial charge on any atom is 0.243 e. The minimum absolute atomic E-state index is 0.619. The SMILES string of the molecule is Cc1ccc2c(c1)nc1c(C)cccc1[n+]2[O-]. The Kier molecular flexibility index (Phi) is 2.01. The summed E-state index contributed by atoms with van der Waals surface area (Å²) in [7, 11) is 0. The van der Waals surface area contributed by atoms with Crippen molar-refractivity contribution in [3.63, 3.8) is 0 Å². The van der Waals surface area contributed by atoms with E-state index in [1.54, 1.807) is 0 Å². The molecule has 0 aliphatic rings. The van der Waals surface area contributed by atoms with Gasteiger partial charge in [0.1, 0.15) is 11.0 Å². The van der Waals surface area contributed by atoms with Crippen LogP contribution in [-0.2, 0) is 0 Å². The van der Waals surface area contributed by atoms with Crippen LogP contribution in [0.4, 0.5) is 0 Å². The number of fused-ring (bicyclic) bond motifs is 2. The fraction of sp³-hybridized carbons (Fsp3) is 0.143. The third kappa shape index (κ3) is 1.43. The van der Waals surface area contributed by atoms with Crippen molar-refractivity contribution in [2.24, 2.45) is 0 Å². The highest BCUT2D eigenvalue weighted by Crippen LogP contribution is 2.17. The molecule has 0 N–H and O–H groups in total. The highest BCUT2D eigenvalue weighted by Gasteiger charge is 2.12. The van der Waals surface area contributed by atoms with Crippen molar-refractivity contribution in [3.05, 3.63) is 52.7 Å². The Balaban J connectivity index is 2.57. The van der Waals surface area contributed by atoms with Gasteiger partial charge in [0.25, 0.3) is 0 Å². The van der Waals surface area contributed by atoms with Gasteiger partial charge in [-0.1, -0.05) is 18.2 Å². The molecule has 3 heteroatoms. The van der Waals surface area contributed by atoms with Gasteiger partial charge in [-0.2, -0.15) is 4.73 Å². The lowest BCUT2D eigenvalue weighted by Crippen LogP contribution is -2.28. The van der Waals surface area contributed by atoms with E-state index in [4.69, 9.17) is 0 Å². The second kappa shape index (κ2) is 3.42. The van der Waals surface area contributed by atoms with Gasteiger partial charge in [-0.15, -0.1) is 0 Å². The molecule has 0 aliphatic carbocycles. The molecule has 84 valence electrons. The molecule has 3 nitrogen and oxygen atoms in total. The van der Waals surface area contributed by atoms with Crippen LogP contribution in [-0.4, -0.2) is 4.98 Å². The maximum absolute atomic E-state index is 12.2. The first-order valence-corrected chi connectivity index (χ1v) is 5.56. The van der Waals surface area contributed by atoms with Crippen LogP contribution in [0.25, 0.3) is 22.1 Å². The van der Waals surface area contributed by atoms with Crippen LogP contribution in [0.5, 0.6) is 0 Å². The van der Waals surface area contributed by atoms with E-state index >= 15 is 0 Å². The molecular formula is C14H12N2O. The van der Waals surface area contributed by atoms with Crippen LogP contribution in [0.15, 0.2) is 36.4 Å². The molecule has 17 heavy (non-hydrogen) atoms. The molecule has 0 amide bonds. The molecule has 0 bridgehead atoms. The first-order valence-electron chi connectivity index (χ1n) is 5.56. The number of aromatic nitrogens is 2. The molecule has 0 aliphatic heterocycles. The lowest BCUT2D eigenvalue weighted by Gasteiger charge is -2.06. The van der Waals surface area contributed by atoms with Crippen LogP contribution in [0.3, 0.4) is 0 Å². The summed E-state index contributed by atoms with van der Waals surface area (Å²) < 4.78 is 0.962. The summed E-state index contributed by atoms with van der Waals surface area (Å²) >= 11 is 0. The van der Waals surface area contributed by atoms with E-state index in [0.717, 1.165) is 26.9 Å². The topological polar surface area (TPSA) is 39.8 Å². The minimum Gasteiger partial charge on any atom is -0.618 e. The van der Waals surface area contributed by atoms with Gasteiger partial charge in [-0.3, -0.25) is 0 Å². The number of hydrogen-bond acceptors (Lipinski definition) is 2. The Morgan fingerprint density at radius 3 is 2.71 bits per heavy atom. The maximum atomic E-state index is 12.2. The van der Waals surface area contributed by atoms with Crippen molar-refractivity contribution in [2.45, 2.75) is 13.8 Å². The van der Waals surface area contributed by atoms with E-state index in [9.17, 15) is 5.21 Å². The highest BCUT2D eigenvalue weighted by atomic mass is 16.5. The van der Waals surface area contributed by atoms with Crippen LogP contribution in [0.2, 0.25) is 0 Å².